The van der Waals surface area contributed by atoms with E-state index < -0.39 is 0 Å². The number of hydrogen-bond donors (Lipinski definition) is 1. The van der Waals surface area contributed by atoms with Gasteiger partial charge in [-0.1, -0.05) is 44.2 Å². The molecule has 0 fully saturated rings. The minimum atomic E-state index is -0.169. The van der Waals surface area contributed by atoms with E-state index in [-0.39, 0.29) is 28.6 Å². The maximum atomic E-state index is 14.0. The molecule has 0 spiro atoms. The monoisotopic (exact) mass is 776 g/mol. The van der Waals surface area contributed by atoms with Crippen LogP contribution in [0.1, 0.15) is 64.1 Å². The lowest BCUT2D eigenvalue weighted by molar-refractivity contribution is 0.0978. The number of amides is 2. The van der Waals surface area contributed by atoms with Gasteiger partial charge in [0.2, 0.25) is 0 Å². The molecule has 4 aromatic carbocycles. The van der Waals surface area contributed by atoms with Crippen molar-refractivity contribution >= 4 is 71.4 Å². The maximum absolute atomic E-state index is 14.0. The van der Waals surface area contributed by atoms with Crippen LogP contribution in [0.2, 0.25) is 0 Å². The van der Waals surface area contributed by atoms with Crippen LogP contribution in [0, 0.1) is 0 Å². The first-order chi connectivity index (χ1) is 26.6. The Balaban J connectivity index is 0.902. The van der Waals surface area contributed by atoms with E-state index in [1.807, 2.05) is 52.2 Å². The fourth-order valence-corrected chi connectivity index (χ4v) is 9.00. The molecule has 4 aliphatic rings. The summed E-state index contributed by atoms with van der Waals surface area (Å²) in [5.74, 6) is 3.64. The van der Waals surface area contributed by atoms with Crippen LogP contribution in [-0.4, -0.2) is 74.3 Å². The van der Waals surface area contributed by atoms with E-state index in [1.54, 1.807) is 38.5 Å². The summed E-state index contributed by atoms with van der Waals surface area (Å²) in [6.45, 7) is 4.93. The molecule has 4 aromatic rings. The zero-order chi connectivity index (χ0) is 38.3. The largest absolute Gasteiger partial charge is 0.493 e. The normalized spacial score (nSPS) is 17.8. The van der Waals surface area contributed by atoms with Crippen LogP contribution < -0.4 is 28.7 Å². The zero-order valence-corrected chi connectivity index (χ0v) is 33.1. The van der Waals surface area contributed by atoms with Gasteiger partial charge in [0, 0.05) is 65.7 Å². The Morgan fingerprint density at radius 2 is 1.31 bits per heavy atom. The summed E-state index contributed by atoms with van der Waals surface area (Å²) in [6, 6.07) is 21.0. The average molecular weight is 777 g/mol. The number of aliphatic imine (C=N–C) groups is 2. The number of nitrogens with zero attached hydrogens (tertiary/aromatic N) is 4. The van der Waals surface area contributed by atoms with Gasteiger partial charge in [0.25, 0.3) is 11.8 Å². The van der Waals surface area contributed by atoms with Crippen LogP contribution in [-0.2, 0) is 18.6 Å². The van der Waals surface area contributed by atoms with E-state index >= 15 is 0 Å². The molecule has 0 radical (unpaired) electrons. The summed E-state index contributed by atoms with van der Waals surface area (Å²) in [5, 5.41) is 0. The molecule has 0 aromatic heterocycles. The summed E-state index contributed by atoms with van der Waals surface area (Å²) in [6.07, 6.45) is 6.72. The topological polar surface area (TPSA) is 102 Å². The van der Waals surface area contributed by atoms with Gasteiger partial charge in [-0.25, -0.2) is 0 Å². The lowest BCUT2D eigenvalue weighted by Gasteiger charge is -2.22. The first-order valence-electron chi connectivity index (χ1n) is 18.6. The molecule has 4 heterocycles. The summed E-state index contributed by atoms with van der Waals surface area (Å²) >= 11 is 6.55. The van der Waals surface area contributed by atoms with Crippen molar-refractivity contribution in [1.82, 2.24) is 0 Å². The van der Waals surface area contributed by atoms with E-state index in [0.717, 1.165) is 46.8 Å². The number of carbonyl (C=O) groups is 2. The molecule has 55 heavy (non-hydrogen) atoms. The van der Waals surface area contributed by atoms with Crippen molar-refractivity contribution in [3.05, 3.63) is 94.5 Å². The molecule has 0 N–H and O–H groups in total. The highest BCUT2D eigenvalue weighted by molar-refractivity contribution is 7.98. The molecule has 8 rings (SSSR count). The fraction of sp³-hybridized carbons (Fsp3) is 0.349. The van der Waals surface area contributed by atoms with Gasteiger partial charge in [-0.05, 0) is 53.1 Å². The van der Waals surface area contributed by atoms with Crippen molar-refractivity contribution in [2.75, 3.05) is 43.0 Å². The van der Waals surface area contributed by atoms with Crippen molar-refractivity contribution in [3.8, 4) is 23.0 Å². The van der Waals surface area contributed by atoms with Gasteiger partial charge in [-0.15, -0.1) is 0 Å². The number of carbonyl (C=O) groups excluding carboxylic acids is 2. The summed E-state index contributed by atoms with van der Waals surface area (Å²) in [5.41, 5.74) is 7.40. The Morgan fingerprint density at radius 1 is 0.745 bits per heavy atom. The number of thiol groups is 1. The standard InChI is InChI=1S/C43H44N4O6S2/c1-43(2,54)12-15-55-25-26-10-11-36-28(16-26)18-30-24-45-34-22-40(38(51-4)20-32(34)42(49)47(30)36)53-14-7-13-52-39-21-33-31(19-37(39)50-3)41(48)46-29(23-44-33)17-27-8-5-6-9-35(27)46/h5-6,8-11,16,19-24,29-30,54H,7,12-15,17-18,25H2,1-4H3/t29-,30-/m0/s1. The number of fused-ring (bicyclic) bond motifs is 8. The number of methoxy groups -OCH3 is 2. The van der Waals surface area contributed by atoms with Crippen LogP contribution >= 0.6 is 24.4 Å². The molecule has 0 aliphatic carbocycles. The minimum Gasteiger partial charge on any atom is -0.493 e. The van der Waals surface area contributed by atoms with Gasteiger partial charge in [-0.2, -0.15) is 24.4 Å². The molecule has 0 bridgehead atoms. The van der Waals surface area contributed by atoms with E-state index in [1.165, 1.54) is 5.56 Å². The average Bonchev–Trinajstić information content (AvgIpc) is 3.66. The Hall–Kier alpha value is -4.94. The number of ether oxygens (including phenoxy) is 4. The van der Waals surface area contributed by atoms with E-state index in [4.69, 9.17) is 28.9 Å². The molecular weight excluding hydrogens is 733 g/mol. The molecule has 2 atom stereocenters. The number of para-hydroxylation sites is 1. The van der Waals surface area contributed by atoms with Crippen molar-refractivity contribution < 1.29 is 28.5 Å². The highest BCUT2D eigenvalue weighted by atomic mass is 32.2. The number of thioether (sulfide) groups is 1. The van der Waals surface area contributed by atoms with Gasteiger partial charge in [-0.3, -0.25) is 29.4 Å². The highest BCUT2D eigenvalue weighted by Gasteiger charge is 2.38. The molecular formula is C43H44N4O6S2. The summed E-state index contributed by atoms with van der Waals surface area (Å²) < 4.78 is 23.7. The molecule has 284 valence electrons. The second-order valence-corrected chi connectivity index (χ2v) is 17.1. The molecule has 4 aliphatic heterocycles. The minimum absolute atomic E-state index is 0.0277. The Labute approximate surface area is 331 Å². The molecule has 0 unspecified atom stereocenters. The van der Waals surface area contributed by atoms with Gasteiger partial charge >= 0.3 is 0 Å². The number of rotatable bonds is 13. The summed E-state index contributed by atoms with van der Waals surface area (Å²) in [7, 11) is 3.12. The lowest BCUT2D eigenvalue weighted by Crippen LogP contribution is -2.37. The first kappa shape index (κ1) is 37.0. The predicted octanol–water partition coefficient (Wildman–Crippen LogP) is 8.46. The SMILES string of the molecule is COc1cc2c(cc1OCCCOc1cc3c(cc1OC)C(=O)N1c4ccc(CSCCC(C)(C)S)cc4C[C@H]1C=N3)N=C[C@@H]1Cc3ccccc3N1C2=O. The second-order valence-electron chi connectivity index (χ2n) is 14.7. The fourth-order valence-electron chi connectivity index (χ4n) is 7.52. The quantitative estimate of drug-likeness (QED) is 0.107. The Bertz CT molecular complexity index is 2220. The van der Waals surface area contributed by atoms with E-state index in [9.17, 15) is 9.59 Å². The lowest BCUT2D eigenvalue weighted by atomic mass is 10.1. The third-order valence-electron chi connectivity index (χ3n) is 10.3. The smallest absolute Gasteiger partial charge is 0.261 e. The van der Waals surface area contributed by atoms with Crippen LogP contribution in [0.5, 0.6) is 23.0 Å². The third kappa shape index (κ3) is 7.41. The maximum Gasteiger partial charge on any atom is 0.261 e. The number of hydrogen-bond acceptors (Lipinski definition) is 10. The first-order valence-corrected chi connectivity index (χ1v) is 20.2. The van der Waals surface area contributed by atoms with Gasteiger partial charge < -0.3 is 18.9 Å². The molecule has 12 heteroatoms. The third-order valence-corrected chi connectivity index (χ3v) is 11.6. The van der Waals surface area contributed by atoms with Crippen LogP contribution in [0.3, 0.4) is 0 Å². The molecule has 0 saturated heterocycles. The van der Waals surface area contributed by atoms with E-state index in [2.05, 4.69) is 50.7 Å². The number of benzene rings is 4. The molecule has 10 nitrogen and oxygen atoms in total. The zero-order valence-electron chi connectivity index (χ0n) is 31.4. The molecule has 0 saturated carbocycles. The Kier molecular flexibility index (Phi) is 10.3. The van der Waals surface area contributed by atoms with Crippen molar-refractivity contribution in [2.45, 2.75) is 62.1 Å². The predicted molar refractivity (Wildman–Crippen MR) is 223 cm³/mol. The van der Waals surface area contributed by atoms with Gasteiger partial charge in [0.15, 0.2) is 23.0 Å². The van der Waals surface area contributed by atoms with Crippen molar-refractivity contribution in [3.63, 3.8) is 0 Å². The van der Waals surface area contributed by atoms with E-state index in [0.29, 0.717) is 71.6 Å². The van der Waals surface area contributed by atoms with Crippen molar-refractivity contribution in [1.29, 1.82) is 0 Å². The second kappa shape index (κ2) is 15.3. The number of anilines is 2. The van der Waals surface area contributed by atoms with Gasteiger partial charge in [0.1, 0.15) is 0 Å². The Morgan fingerprint density at radius 3 is 1.89 bits per heavy atom. The van der Waals surface area contributed by atoms with Crippen LogP contribution in [0.4, 0.5) is 22.7 Å². The molecule has 2 amide bonds. The van der Waals surface area contributed by atoms with Crippen molar-refractivity contribution in [2.24, 2.45) is 9.98 Å². The van der Waals surface area contributed by atoms with Gasteiger partial charge in [0.05, 0.1) is 62.0 Å². The van der Waals surface area contributed by atoms with Crippen LogP contribution in [0.25, 0.3) is 0 Å². The highest BCUT2D eigenvalue weighted by Crippen LogP contribution is 2.43. The van der Waals surface area contributed by atoms with Crippen LogP contribution in [0.15, 0.2) is 76.7 Å². The summed E-state index contributed by atoms with van der Waals surface area (Å²) in [4.78, 5) is 40.9.